The number of aliphatic carboxylic acids is 1. The number of benzene rings is 1. The van der Waals surface area contributed by atoms with E-state index in [0.29, 0.717) is 0 Å². The number of rotatable bonds is 4. The minimum atomic E-state index is -5.08. The summed E-state index contributed by atoms with van der Waals surface area (Å²) in [4.78, 5) is 22.5. The van der Waals surface area contributed by atoms with Crippen LogP contribution in [0, 0.1) is 0 Å². The van der Waals surface area contributed by atoms with Crippen molar-refractivity contribution >= 4 is 23.2 Å². The predicted octanol–water partition coefficient (Wildman–Crippen LogP) is 3.35. The van der Waals surface area contributed by atoms with E-state index in [2.05, 4.69) is 22.1 Å². The Hall–Kier alpha value is -2.39. The Bertz CT molecular complexity index is 792. The second-order valence-corrected chi connectivity index (χ2v) is 7.08. The average Bonchev–Trinajstić information content (AvgIpc) is 3.24. The first-order valence-electron chi connectivity index (χ1n) is 8.12. The molecule has 1 aliphatic rings. The van der Waals surface area contributed by atoms with E-state index in [0.717, 1.165) is 25.1 Å². The van der Waals surface area contributed by atoms with Gasteiger partial charge in [-0.05, 0) is 41.6 Å². The lowest BCUT2D eigenvalue weighted by Crippen LogP contribution is -2.33. The molecule has 1 aromatic heterocycles. The number of alkyl halides is 3. The number of halogens is 3. The molecule has 9 heteroatoms. The van der Waals surface area contributed by atoms with Crippen molar-refractivity contribution in [2.75, 3.05) is 0 Å². The maximum Gasteiger partial charge on any atom is 0.490 e. The van der Waals surface area contributed by atoms with Crippen molar-refractivity contribution in [3.05, 3.63) is 57.3 Å². The summed E-state index contributed by atoms with van der Waals surface area (Å²) in [6.45, 7) is 3.82. The number of amides is 1. The third kappa shape index (κ3) is 6.37. The van der Waals surface area contributed by atoms with Crippen LogP contribution < -0.4 is 10.6 Å². The maximum absolute atomic E-state index is 12.3. The molecule has 1 unspecified atom stereocenters. The summed E-state index contributed by atoms with van der Waals surface area (Å²) in [5, 5.41) is 15.6. The highest BCUT2D eigenvalue weighted by molar-refractivity contribution is 7.09. The zero-order valence-electron chi connectivity index (χ0n) is 14.5. The van der Waals surface area contributed by atoms with Crippen LogP contribution in [-0.2, 0) is 24.3 Å². The van der Waals surface area contributed by atoms with E-state index < -0.39 is 12.1 Å². The number of nitrogens with one attached hydrogen (secondary N) is 2. The van der Waals surface area contributed by atoms with Crippen LogP contribution in [-0.4, -0.2) is 29.2 Å². The van der Waals surface area contributed by atoms with Gasteiger partial charge in [-0.15, -0.1) is 11.3 Å². The number of hydrogen-bond acceptors (Lipinski definition) is 4. The van der Waals surface area contributed by atoms with E-state index in [1.54, 1.807) is 11.3 Å². The van der Waals surface area contributed by atoms with Crippen LogP contribution in [0.15, 0.2) is 35.7 Å². The molecule has 1 aliphatic heterocycles. The third-order valence-electron chi connectivity index (χ3n) is 3.81. The number of carbonyl (C=O) groups is 2. The van der Waals surface area contributed by atoms with Crippen molar-refractivity contribution in [3.8, 4) is 0 Å². The molecule has 0 radical (unpaired) electrons. The van der Waals surface area contributed by atoms with Gasteiger partial charge >= 0.3 is 12.1 Å². The molecule has 3 N–H and O–H groups in total. The first kappa shape index (κ1) is 20.9. The Morgan fingerprint density at radius 3 is 2.52 bits per heavy atom. The molecule has 0 fully saturated rings. The third-order valence-corrected chi connectivity index (χ3v) is 4.71. The lowest BCUT2D eigenvalue weighted by Gasteiger charge is -2.13. The second kappa shape index (κ2) is 9.01. The van der Waals surface area contributed by atoms with Gasteiger partial charge in [0.1, 0.15) is 0 Å². The van der Waals surface area contributed by atoms with Gasteiger partial charge < -0.3 is 15.7 Å². The van der Waals surface area contributed by atoms with Crippen molar-refractivity contribution < 1.29 is 27.9 Å². The second-order valence-electron chi connectivity index (χ2n) is 6.05. The van der Waals surface area contributed by atoms with E-state index in [1.807, 2.05) is 31.2 Å². The normalized spacial score (nSPS) is 13.9. The summed E-state index contributed by atoms with van der Waals surface area (Å²) in [6, 6.07) is 10.3. The molecule has 2 heterocycles. The van der Waals surface area contributed by atoms with Gasteiger partial charge in [-0.25, -0.2) is 4.79 Å². The molecule has 0 spiro atoms. The number of thiophene rings is 1. The van der Waals surface area contributed by atoms with Gasteiger partial charge in [-0.2, -0.15) is 13.2 Å². The van der Waals surface area contributed by atoms with Gasteiger partial charge in [0.25, 0.3) is 5.91 Å². The highest BCUT2D eigenvalue weighted by Crippen LogP contribution is 2.17. The van der Waals surface area contributed by atoms with Crippen LogP contribution in [0.3, 0.4) is 0 Å². The highest BCUT2D eigenvalue weighted by Gasteiger charge is 2.38. The van der Waals surface area contributed by atoms with Crippen LogP contribution >= 0.6 is 11.3 Å². The molecule has 0 saturated carbocycles. The summed E-state index contributed by atoms with van der Waals surface area (Å²) in [7, 11) is 0. The first-order chi connectivity index (χ1) is 12.7. The Morgan fingerprint density at radius 1 is 1.26 bits per heavy atom. The summed E-state index contributed by atoms with van der Waals surface area (Å²) >= 11 is 1.73. The van der Waals surface area contributed by atoms with Crippen molar-refractivity contribution in [1.82, 2.24) is 10.6 Å². The molecule has 1 amide bonds. The Balaban J connectivity index is 0.000000321. The van der Waals surface area contributed by atoms with Crippen LogP contribution in [0.1, 0.15) is 33.3 Å². The topological polar surface area (TPSA) is 78.4 Å². The van der Waals surface area contributed by atoms with Gasteiger partial charge in [0.2, 0.25) is 0 Å². The minimum absolute atomic E-state index is 0.0174. The molecule has 1 atom stereocenters. The zero-order chi connectivity index (χ0) is 20.0. The van der Waals surface area contributed by atoms with Gasteiger partial charge in [0.15, 0.2) is 0 Å². The predicted molar refractivity (Wildman–Crippen MR) is 95.6 cm³/mol. The molecule has 2 aromatic rings. The largest absolute Gasteiger partial charge is 0.490 e. The van der Waals surface area contributed by atoms with Crippen LogP contribution in [0.25, 0.3) is 0 Å². The summed E-state index contributed by atoms with van der Waals surface area (Å²) < 4.78 is 31.7. The highest BCUT2D eigenvalue weighted by atomic mass is 32.1. The summed E-state index contributed by atoms with van der Waals surface area (Å²) in [5.41, 5.74) is 3.29. The lowest BCUT2D eigenvalue weighted by atomic mass is 10.1. The van der Waals surface area contributed by atoms with E-state index >= 15 is 0 Å². The molecular formula is C18H19F3N2O3S. The van der Waals surface area contributed by atoms with Gasteiger partial charge in [-0.1, -0.05) is 12.1 Å². The molecular weight excluding hydrogens is 381 g/mol. The Kier molecular flexibility index (Phi) is 6.98. The van der Waals surface area contributed by atoms with Gasteiger partial charge in [-0.3, -0.25) is 4.79 Å². The fraction of sp³-hybridized carbons (Fsp3) is 0.333. The van der Waals surface area contributed by atoms with Crippen molar-refractivity contribution in [3.63, 3.8) is 0 Å². The van der Waals surface area contributed by atoms with Gasteiger partial charge in [0, 0.05) is 36.0 Å². The van der Waals surface area contributed by atoms with E-state index in [1.165, 1.54) is 16.0 Å². The molecule has 5 nitrogen and oxygen atoms in total. The molecule has 146 valence electrons. The van der Waals surface area contributed by atoms with E-state index in [4.69, 9.17) is 9.90 Å². The fourth-order valence-corrected chi connectivity index (χ4v) is 3.36. The van der Waals surface area contributed by atoms with Crippen LogP contribution in [0.5, 0.6) is 0 Å². The summed E-state index contributed by atoms with van der Waals surface area (Å²) in [6.07, 6.45) is -4.20. The van der Waals surface area contributed by atoms with E-state index in [-0.39, 0.29) is 11.9 Å². The summed E-state index contributed by atoms with van der Waals surface area (Å²) in [5.74, 6) is -2.74. The Morgan fingerprint density at radius 2 is 1.93 bits per heavy atom. The maximum atomic E-state index is 12.3. The minimum Gasteiger partial charge on any atom is -0.475 e. The fourth-order valence-electron chi connectivity index (χ4n) is 2.52. The Labute approximate surface area is 158 Å². The number of carbonyl (C=O) groups excluding carboxylic acids is 1. The lowest BCUT2D eigenvalue weighted by molar-refractivity contribution is -0.192. The molecule has 27 heavy (non-hydrogen) atoms. The van der Waals surface area contributed by atoms with Crippen molar-refractivity contribution in [2.24, 2.45) is 0 Å². The number of hydrogen-bond donors (Lipinski definition) is 3. The molecule has 0 saturated heterocycles. The zero-order valence-corrected chi connectivity index (χ0v) is 15.3. The number of carboxylic acids is 1. The molecule has 0 bridgehead atoms. The van der Waals surface area contributed by atoms with E-state index in [9.17, 15) is 18.0 Å². The standard InChI is InChI=1S/C16H18N2OS.C2HF3O2/c1-11(7-15-3-2-6-20-15)18-16(19)12-4-5-13-9-17-10-14(13)8-12;3-2(4,5)1(6)7/h2-6,8,11,17H,7,9-10H2,1H3,(H,18,19);(H,6,7). The monoisotopic (exact) mass is 400 g/mol. The average molecular weight is 400 g/mol. The van der Waals surface area contributed by atoms with Crippen molar-refractivity contribution in [1.29, 1.82) is 0 Å². The first-order valence-corrected chi connectivity index (χ1v) is 9.00. The quantitative estimate of drug-likeness (QED) is 0.736. The molecule has 0 aliphatic carbocycles. The van der Waals surface area contributed by atoms with Crippen LogP contribution in [0.4, 0.5) is 13.2 Å². The number of fused-ring (bicyclic) bond motifs is 1. The smallest absolute Gasteiger partial charge is 0.475 e. The van der Waals surface area contributed by atoms with Gasteiger partial charge in [0.05, 0.1) is 0 Å². The molecule has 3 rings (SSSR count). The van der Waals surface area contributed by atoms with Crippen molar-refractivity contribution in [2.45, 2.75) is 38.7 Å². The SMILES string of the molecule is CC(Cc1cccs1)NC(=O)c1ccc2c(c1)CNC2.O=C(O)C(F)(F)F. The van der Waals surface area contributed by atoms with Crippen LogP contribution in [0.2, 0.25) is 0 Å². The number of carboxylic acid groups (broad SMARTS) is 1. The molecule has 1 aromatic carbocycles.